The topological polar surface area (TPSA) is 26.3 Å². The molecule has 1 rings (SSSR count). The Labute approximate surface area is 102 Å². The molecule has 0 unspecified atom stereocenters. The molecule has 1 aromatic carbocycles. The van der Waals surface area contributed by atoms with Gasteiger partial charge in [0.25, 0.3) is 0 Å². The molecular formula is C11H10BrClO2. The molecule has 0 aliphatic rings. The van der Waals surface area contributed by atoms with Crippen molar-refractivity contribution in [2.45, 2.75) is 6.42 Å². The van der Waals surface area contributed by atoms with Crippen molar-refractivity contribution in [2.75, 3.05) is 7.11 Å². The number of hydrogen-bond acceptors (Lipinski definition) is 2. The van der Waals surface area contributed by atoms with E-state index in [1.807, 2.05) is 12.1 Å². The van der Waals surface area contributed by atoms with Gasteiger partial charge >= 0.3 is 5.97 Å². The van der Waals surface area contributed by atoms with Gasteiger partial charge in [-0.3, -0.25) is 4.79 Å². The van der Waals surface area contributed by atoms with Gasteiger partial charge in [-0.05, 0) is 17.7 Å². The lowest BCUT2D eigenvalue weighted by Gasteiger charge is -1.98. The Bertz CT molecular complexity index is 388. The Morgan fingerprint density at radius 2 is 2.33 bits per heavy atom. The zero-order valence-corrected chi connectivity index (χ0v) is 10.5. The van der Waals surface area contributed by atoms with Crippen molar-refractivity contribution in [3.8, 4) is 0 Å². The Hall–Kier alpha value is -0.800. The van der Waals surface area contributed by atoms with Crippen molar-refractivity contribution >= 4 is 39.6 Å². The maximum atomic E-state index is 10.8. The van der Waals surface area contributed by atoms with E-state index < -0.39 is 0 Å². The lowest BCUT2D eigenvalue weighted by molar-refractivity contribution is -0.139. The molecule has 1 aromatic rings. The first kappa shape index (κ1) is 12.3. The summed E-state index contributed by atoms with van der Waals surface area (Å²) in [4.78, 5) is 10.8. The molecule has 80 valence electrons. The van der Waals surface area contributed by atoms with Gasteiger partial charge in [-0.15, -0.1) is 0 Å². The quantitative estimate of drug-likeness (QED) is 0.794. The van der Waals surface area contributed by atoms with Crippen molar-refractivity contribution in [3.63, 3.8) is 0 Å². The third-order valence-corrected chi connectivity index (χ3v) is 2.59. The van der Waals surface area contributed by atoms with Crippen molar-refractivity contribution < 1.29 is 9.53 Å². The Balaban J connectivity index is 2.68. The fourth-order valence-electron chi connectivity index (χ4n) is 1.00. The van der Waals surface area contributed by atoms with Crippen molar-refractivity contribution in [1.29, 1.82) is 0 Å². The molecule has 4 heteroatoms. The van der Waals surface area contributed by atoms with Crippen LogP contribution in [0.25, 0.3) is 6.08 Å². The Kier molecular flexibility index (Phi) is 4.85. The highest BCUT2D eigenvalue weighted by Crippen LogP contribution is 2.22. The average molecular weight is 290 g/mol. The van der Waals surface area contributed by atoms with Gasteiger partial charge < -0.3 is 4.74 Å². The van der Waals surface area contributed by atoms with Crippen LogP contribution in [0.15, 0.2) is 28.7 Å². The number of hydrogen-bond donors (Lipinski definition) is 0. The maximum absolute atomic E-state index is 10.8. The number of benzene rings is 1. The van der Waals surface area contributed by atoms with E-state index in [0.29, 0.717) is 5.02 Å². The van der Waals surface area contributed by atoms with E-state index in [9.17, 15) is 4.79 Å². The van der Waals surface area contributed by atoms with E-state index in [0.717, 1.165) is 10.0 Å². The number of methoxy groups -OCH3 is 1. The van der Waals surface area contributed by atoms with Gasteiger partial charge in [0.2, 0.25) is 0 Å². The first-order chi connectivity index (χ1) is 7.13. The van der Waals surface area contributed by atoms with Crippen LogP contribution in [0, 0.1) is 0 Å². The lowest BCUT2D eigenvalue weighted by Crippen LogP contribution is -1.96. The van der Waals surface area contributed by atoms with Crippen molar-refractivity contribution in [1.82, 2.24) is 0 Å². The molecule has 0 N–H and O–H groups in total. The number of carbonyl (C=O) groups is 1. The summed E-state index contributed by atoms with van der Waals surface area (Å²) in [6, 6.07) is 5.57. The normalized spacial score (nSPS) is 10.6. The molecule has 2 nitrogen and oxygen atoms in total. The summed E-state index contributed by atoms with van der Waals surface area (Å²) in [5.41, 5.74) is 0.878. The van der Waals surface area contributed by atoms with Gasteiger partial charge in [-0.2, -0.15) is 0 Å². The minimum atomic E-state index is -0.264. The molecular weight excluding hydrogens is 279 g/mol. The molecule has 0 fully saturated rings. The van der Waals surface area contributed by atoms with Gasteiger partial charge in [0, 0.05) is 9.50 Å². The number of rotatable bonds is 3. The minimum absolute atomic E-state index is 0.253. The summed E-state index contributed by atoms with van der Waals surface area (Å²) in [6.07, 6.45) is 3.77. The van der Waals surface area contributed by atoms with Crippen LogP contribution < -0.4 is 0 Å². The fourth-order valence-corrected chi connectivity index (χ4v) is 1.74. The molecule has 0 aliphatic carbocycles. The standard InChI is InChI=1S/C11H10BrClO2/c1-15-11(14)4-2-3-8-5-6-9(12)7-10(8)13/h2-3,5-7H,4H2,1H3. The van der Waals surface area contributed by atoms with E-state index >= 15 is 0 Å². The van der Waals surface area contributed by atoms with Gasteiger partial charge in [0.05, 0.1) is 13.5 Å². The monoisotopic (exact) mass is 288 g/mol. The molecule has 0 spiro atoms. The molecule has 0 saturated heterocycles. The third-order valence-electron chi connectivity index (χ3n) is 1.77. The smallest absolute Gasteiger partial charge is 0.309 e. The predicted octanol–water partition coefficient (Wildman–Crippen LogP) is 3.68. The summed E-state index contributed by atoms with van der Waals surface area (Å²) >= 11 is 9.30. The van der Waals surface area contributed by atoms with Crippen LogP contribution in [0.1, 0.15) is 12.0 Å². The fraction of sp³-hybridized carbons (Fsp3) is 0.182. The summed E-state index contributed by atoms with van der Waals surface area (Å²) < 4.78 is 5.44. The molecule has 0 bridgehead atoms. The van der Waals surface area contributed by atoms with Gasteiger partial charge in [0.1, 0.15) is 0 Å². The molecule has 0 aromatic heterocycles. The second kappa shape index (κ2) is 5.93. The molecule has 0 heterocycles. The zero-order chi connectivity index (χ0) is 11.3. The molecule has 0 radical (unpaired) electrons. The summed E-state index contributed by atoms with van der Waals surface area (Å²) in [5, 5.41) is 0.644. The predicted molar refractivity (Wildman–Crippen MR) is 64.8 cm³/mol. The second-order valence-electron chi connectivity index (χ2n) is 2.85. The first-order valence-electron chi connectivity index (χ1n) is 4.32. The van der Waals surface area contributed by atoms with E-state index in [1.54, 1.807) is 18.2 Å². The van der Waals surface area contributed by atoms with Crippen LogP contribution in [0.2, 0.25) is 5.02 Å². The van der Waals surface area contributed by atoms with Gasteiger partial charge in [-0.25, -0.2) is 0 Å². The molecule has 0 saturated carbocycles. The molecule has 15 heavy (non-hydrogen) atoms. The summed E-state index contributed by atoms with van der Waals surface area (Å²) in [5.74, 6) is -0.264. The van der Waals surface area contributed by atoms with Crippen LogP contribution in [-0.2, 0) is 9.53 Å². The van der Waals surface area contributed by atoms with E-state index in [2.05, 4.69) is 20.7 Å². The van der Waals surface area contributed by atoms with Gasteiger partial charge in [0.15, 0.2) is 0 Å². The number of halogens is 2. The minimum Gasteiger partial charge on any atom is -0.469 e. The van der Waals surface area contributed by atoms with Crippen LogP contribution in [-0.4, -0.2) is 13.1 Å². The zero-order valence-electron chi connectivity index (χ0n) is 8.17. The number of carbonyl (C=O) groups excluding carboxylic acids is 1. The maximum Gasteiger partial charge on any atom is 0.309 e. The second-order valence-corrected chi connectivity index (χ2v) is 4.17. The summed E-state index contributed by atoms with van der Waals surface area (Å²) in [6.45, 7) is 0. The molecule has 0 aliphatic heterocycles. The van der Waals surface area contributed by atoms with Crippen molar-refractivity contribution in [3.05, 3.63) is 39.3 Å². The third kappa shape index (κ3) is 4.06. The molecule has 0 amide bonds. The van der Waals surface area contributed by atoms with E-state index in [-0.39, 0.29) is 12.4 Å². The SMILES string of the molecule is COC(=O)CC=Cc1ccc(Br)cc1Cl. The van der Waals surface area contributed by atoms with E-state index in [4.69, 9.17) is 11.6 Å². The highest BCUT2D eigenvalue weighted by molar-refractivity contribution is 9.10. The highest BCUT2D eigenvalue weighted by Gasteiger charge is 1.98. The average Bonchev–Trinajstić information content (AvgIpc) is 2.21. The molecule has 0 atom stereocenters. The Morgan fingerprint density at radius 3 is 2.93 bits per heavy atom. The van der Waals surface area contributed by atoms with Crippen LogP contribution in [0.3, 0.4) is 0 Å². The van der Waals surface area contributed by atoms with Crippen LogP contribution in [0.5, 0.6) is 0 Å². The van der Waals surface area contributed by atoms with Gasteiger partial charge in [-0.1, -0.05) is 45.7 Å². The van der Waals surface area contributed by atoms with Crippen molar-refractivity contribution in [2.24, 2.45) is 0 Å². The Morgan fingerprint density at radius 1 is 1.60 bits per heavy atom. The summed E-state index contributed by atoms with van der Waals surface area (Å²) in [7, 11) is 1.36. The number of ether oxygens (including phenoxy) is 1. The number of esters is 1. The largest absolute Gasteiger partial charge is 0.469 e. The first-order valence-corrected chi connectivity index (χ1v) is 5.49. The van der Waals surface area contributed by atoms with Crippen LogP contribution >= 0.6 is 27.5 Å². The highest BCUT2D eigenvalue weighted by atomic mass is 79.9. The lowest BCUT2D eigenvalue weighted by atomic mass is 10.2. The van der Waals surface area contributed by atoms with E-state index in [1.165, 1.54) is 7.11 Å². The van der Waals surface area contributed by atoms with Crippen LogP contribution in [0.4, 0.5) is 0 Å².